The minimum absolute atomic E-state index is 0.243. The molecule has 0 saturated heterocycles. The van der Waals surface area contributed by atoms with Crippen LogP contribution in [0.1, 0.15) is 45.8 Å². The monoisotopic (exact) mass is 407 g/mol. The number of benzene rings is 2. The van der Waals surface area contributed by atoms with Gasteiger partial charge in [-0.15, -0.1) is 0 Å². The number of nitrogens with one attached hydrogen (secondary N) is 2. The smallest absolute Gasteiger partial charge is 0.287 e. The Kier molecular flexibility index (Phi) is 5.67. The molecule has 1 aliphatic carbocycles. The average molecular weight is 408 g/mol. The van der Waals surface area contributed by atoms with Crippen LogP contribution in [0.2, 0.25) is 5.02 Å². The number of anilines is 1. The fourth-order valence-electron chi connectivity index (χ4n) is 3.54. The third-order valence-corrected chi connectivity index (χ3v) is 5.39. The normalized spacial score (nSPS) is 14.5. The second-order valence-electron chi connectivity index (χ2n) is 7.02. The van der Waals surface area contributed by atoms with Crippen molar-refractivity contribution in [1.29, 1.82) is 0 Å². The van der Waals surface area contributed by atoms with Crippen LogP contribution in [0.5, 0.6) is 0 Å². The Hall–Kier alpha value is -3.05. The van der Waals surface area contributed by atoms with Crippen LogP contribution in [0.15, 0.2) is 64.1 Å². The van der Waals surface area contributed by atoms with Gasteiger partial charge in [-0.3, -0.25) is 10.2 Å². The van der Waals surface area contributed by atoms with Gasteiger partial charge in [-0.1, -0.05) is 48.0 Å². The summed E-state index contributed by atoms with van der Waals surface area (Å²) in [4.78, 5) is 12.8. The van der Waals surface area contributed by atoms with Gasteiger partial charge < -0.3 is 9.73 Å². The molecule has 0 radical (unpaired) electrons. The summed E-state index contributed by atoms with van der Waals surface area (Å²) in [7, 11) is 0. The van der Waals surface area contributed by atoms with E-state index >= 15 is 0 Å². The molecule has 1 aromatic heterocycles. The van der Waals surface area contributed by atoms with E-state index in [2.05, 4.69) is 15.8 Å². The number of halogens is 1. The SMILES string of the molecule is Cc1c(C(=O)NCc2ccccc2Cl)oc2c1/C(=N/Nc1ccccc1)CCC2. The van der Waals surface area contributed by atoms with Crippen molar-refractivity contribution in [1.82, 2.24) is 5.32 Å². The van der Waals surface area contributed by atoms with Crippen LogP contribution in [0.3, 0.4) is 0 Å². The van der Waals surface area contributed by atoms with Crippen molar-refractivity contribution >= 4 is 28.9 Å². The number of furan rings is 1. The number of hydrogen-bond donors (Lipinski definition) is 2. The molecule has 2 aromatic carbocycles. The molecule has 5 nitrogen and oxygen atoms in total. The molecule has 0 unspecified atom stereocenters. The largest absolute Gasteiger partial charge is 0.455 e. The summed E-state index contributed by atoms with van der Waals surface area (Å²) in [5.41, 5.74) is 7.58. The highest BCUT2D eigenvalue weighted by Gasteiger charge is 2.27. The van der Waals surface area contributed by atoms with E-state index in [-0.39, 0.29) is 5.91 Å². The summed E-state index contributed by atoms with van der Waals surface area (Å²) in [6.07, 6.45) is 2.59. The molecule has 0 fully saturated rings. The van der Waals surface area contributed by atoms with Crippen LogP contribution in [0, 0.1) is 6.92 Å². The van der Waals surface area contributed by atoms with Crippen molar-refractivity contribution < 1.29 is 9.21 Å². The highest BCUT2D eigenvalue weighted by molar-refractivity contribution is 6.31. The molecule has 2 N–H and O–H groups in total. The van der Waals surface area contributed by atoms with E-state index in [0.29, 0.717) is 17.3 Å². The molecule has 0 bridgehead atoms. The lowest BCUT2D eigenvalue weighted by atomic mass is 9.93. The van der Waals surface area contributed by atoms with Gasteiger partial charge in [0.25, 0.3) is 5.91 Å². The molecule has 148 valence electrons. The molecule has 0 saturated carbocycles. The van der Waals surface area contributed by atoms with E-state index < -0.39 is 0 Å². The van der Waals surface area contributed by atoms with Gasteiger partial charge in [-0.2, -0.15) is 5.10 Å². The topological polar surface area (TPSA) is 66.6 Å². The number of aryl methyl sites for hydroxylation is 1. The first-order valence-corrected chi connectivity index (χ1v) is 10.0. The number of rotatable bonds is 5. The second-order valence-corrected chi connectivity index (χ2v) is 7.43. The summed E-state index contributed by atoms with van der Waals surface area (Å²) in [5, 5.41) is 8.13. The number of fused-ring (bicyclic) bond motifs is 1. The van der Waals surface area contributed by atoms with E-state index in [1.807, 2.05) is 61.5 Å². The van der Waals surface area contributed by atoms with Gasteiger partial charge in [-0.25, -0.2) is 0 Å². The third kappa shape index (κ3) is 4.20. The highest BCUT2D eigenvalue weighted by atomic mass is 35.5. The van der Waals surface area contributed by atoms with Crippen LogP contribution in [0.4, 0.5) is 5.69 Å². The maximum Gasteiger partial charge on any atom is 0.287 e. The Balaban J connectivity index is 1.54. The lowest BCUT2D eigenvalue weighted by Gasteiger charge is -2.13. The summed E-state index contributed by atoms with van der Waals surface area (Å²) in [5.74, 6) is 0.925. The van der Waals surface area contributed by atoms with Gasteiger partial charge >= 0.3 is 0 Å². The van der Waals surface area contributed by atoms with Crippen molar-refractivity contribution in [2.45, 2.75) is 32.7 Å². The van der Waals surface area contributed by atoms with Crippen LogP contribution in [-0.2, 0) is 13.0 Å². The first-order chi connectivity index (χ1) is 14.1. The molecular formula is C23H22ClN3O2. The molecule has 3 aromatic rings. The number of hydrogen-bond acceptors (Lipinski definition) is 4. The van der Waals surface area contributed by atoms with E-state index in [0.717, 1.165) is 53.1 Å². The van der Waals surface area contributed by atoms with E-state index in [1.165, 1.54) is 0 Å². The number of para-hydroxylation sites is 1. The third-order valence-electron chi connectivity index (χ3n) is 5.02. The zero-order valence-corrected chi connectivity index (χ0v) is 16.9. The fraction of sp³-hybridized carbons (Fsp3) is 0.217. The maximum atomic E-state index is 12.8. The predicted molar refractivity (Wildman–Crippen MR) is 116 cm³/mol. The van der Waals surface area contributed by atoms with Gasteiger partial charge in [0.05, 0.1) is 11.4 Å². The minimum Gasteiger partial charge on any atom is -0.455 e. The average Bonchev–Trinajstić information content (AvgIpc) is 3.09. The zero-order valence-electron chi connectivity index (χ0n) is 16.2. The van der Waals surface area contributed by atoms with Gasteiger partial charge in [0, 0.05) is 29.1 Å². The molecule has 0 atom stereocenters. The van der Waals surface area contributed by atoms with E-state index in [1.54, 1.807) is 0 Å². The Labute approximate surface area is 174 Å². The van der Waals surface area contributed by atoms with Crippen molar-refractivity contribution in [3.63, 3.8) is 0 Å². The number of nitrogens with zero attached hydrogens (tertiary/aromatic N) is 1. The number of amides is 1. The quantitative estimate of drug-likeness (QED) is 0.562. The lowest BCUT2D eigenvalue weighted by Crippen LogP contribution is -2.23. The molecule has 4 rings (SSSR count). The molecule has 6 heteroatoms. The maximum absolute atomic E-state index is 12.8. The first kappa shape index (κ1) is 19.3. The molecule has 1 aliphatic rings. The molecule has 1 heterocycles. The van der Waals surface area contributed by atoms with E-state index in [4.69, 9.17) is 16.0 Å². The predicted octanol–water partition coefficient (Wildman–Crippen LogP) is 5.32. The summed E-state index contributed by atoms with van der Waals surface area (Å²) in [6, 6.07) is 17.3. The van der Waals surface area contributed by atoms with Crippen molar-refractivity contribution in [2.75, 3.05) is 5.43 Å². The lowest BCUT2D eigenvalue weighted by molar-refractivity contribution is 0.0920. The molecule has 1 amide bonds. The number of hydrazone groups is 1. The van der Waals surface area contributed by atoms with Crippen molar-refractivity contribution in [3.05, 3.63) is 87.8 Å². The fourth-order valence-corrected chi connectivity index (χ4v) is 3.74. The summed E-state index contributed by atoms with van der Waals surface area (Å²) in [6.45, 7) is 2.26. The Morgan fingerprint density at radius 1 is 1.10 bits per heavy atom. The zero-order chi connectivity index (χ0) is 20.2. The summed E-state index contributed by atoms with van der Waals surface area (Å²) >= 11 is 6.17. The molecule has 0 aliphatic heterocycles. The Morgan fingerprint density at radius 3 is 2.66 bits per heavy atom. The molecule has 0 spiro atoms. The molecule has 29 heavy (non-hydrogen) atoms. The van der Waals surface area contributed by atoms with Crippen LogP contribution < -0.4 is 10.7 Å². The summed E-state index contributed by atoms with van der Waals surface area (Å²) < 4.78 is 5.95. The van der Waals surface area contributed by atoms with Gasteiger partial charge in [0.15, 0.2) is 5.76 Å². The Morgan fingerprint density at radius 2 is 1.86 bits per heavy atom. The standard InChI is InChI=1S/C23H22ClN3O2/c1-15-21-19(27-26-17-9-3-2-4-10-17)12-7-13-20(21)29-22(15)23(28)25-14-16-8-5-6-11-18(16)24/h2-6,8-11,26H,7,12-14H2,1H3,(H,25,28)/b27-19+. The molecular weight excluding hydrogens is 386 g/mol. The number of carbonyl (C=O) groups excluding carboxylic acids is 1. The highest BCUT2D eigenvalue weighted by Crippen LogP contribution is 2.30. The van der Waals surface area contributed by atoms with Gasteiger partial charge in [0.2, 0.25) is 0 Å². The Bertz CT molecular complexity index is 1060. The van der Waals surface area contributed by atoms with Crippen molar-refractivity contribution in [3.8, 4) is 0 Å². The first-order valence-electron chi connectivity index (χ1n) is 9.65. The van der Waals surface area contributed by atoms with Gasteiger partial charge in [-0.05, 0) is 43.5 Å². The minimum atomic E-state index is -0.243. The second kappa shape index (κ2) is 8.53. The van der Waals surface area contributed by atoms with Crippen LogP contribution >= 0.6 is 11.6 Å². The van der Waals surface area contributed by atoms with Crippen molar-refractivity contribution in [2.24, 2.45) is 5.10 Å². The number of carbonyl (C=O) groups is 1. The van der Waals surface area contributed by atoms with Crippen LogP contribution in [-0.4, -0.2) is 11.6 Å². The van der Waals surface area contributed by atoms with Gasteiger partial charge in [0.1, 0.15) is 5.76 Å². The van der Waals surface area contributed by atoms with E-state index in [9.17, 15) is 4.79 Å². The van der Waals surface area contributed by atoms with Crippen LogP contribution in [0.25, 0.3) is 0 Å².